The Morgan fingerprint density at radius 2 is 1.62 bits per heavy atom. The van der Waals surface area contributed by atoms with E-state index < -0.39 is 129 Å². The molecule has 19 atom stereocenters. The molecule has 2 aromatic rings. The first-order valence-electron chi connectivity index (χ1n) is 28.3. The number of cyclic esters (lactones) is 1. The molecule has 22 nitrogen and oxygen atoms in total. The van der Waals surface area contributed by atoms with Gasteiger partial charge in [0.1, 0.15) is 35.1 Å². The van der Waals surface area contributed by atoms with E-state index in [1.54, 1.807) is 59.1 Å². The molecule has 6 rings (SSSR count). The van der Waals surface area contributed by atoms with Gasteiger partial charge in [0.25, 0.3) is 0 Å². The monoisotopic (exact) mass is 1150 g/mol. The number of aliphatic hydroxyl groups is 4. The van der Waals surface area contributed by atoms with Crippen molar-refractivity contribution in [2.45, 2.75) is 222 Å². The largest absolute Gasteiger partial charge is 0.477 e. The minimum absolute atomic E-state index is 0.0258. The number of ether oxygens (including phenoxy) is 7. The van der Waals surface area contributed by atoms with Crippen LogP contribution in [0.2, 0.25) is 0 Å². The zero-order chi connectivity index (χ0) is 59.7. The van der Waals surface area contributed by atoms with Crippen LogP contribution in [0.25, 0.3) is 10.9 Å². The van der Waals surface area contributed by atoms with Gasteiger partial charge in [0.05, 0.1) is 58.5 Å². The van der Waals surface area contributed by atoms with Crippen molar-refractivity contribution >= 4 is 38.6 Å². The lowest BCUT2D eigenvalue weighted by Crippen LogP contribution is -2.61. The van der Waals surface area contributed by atoms with E-state index in [1.165, 1.54) is 26.3 Å². The number of nitrogens with one attached hydrogen (secondary N) is 1. The molecule has 0 spiro atoms. The van der Waals surface area contributed by atoms with Gasteiger partial charge in [-0.3, -0.25) is 14.4 Å². The molecule has 0 saturated carbocycles. The Morgan fingerprint density at radius 1 is 0.950 bits per heavy atom. The number of carbonyl (C=O) groups is 3. The van der Waals surface area contributed by atoms with E-state index in [4.69, 9.17) is 33.2 Å². The van der Waals surface area contributed by atoms with E-state index in [0.717, 1.165) is 0 Å². The minimum Gasteiger partial charge on any atom is -0.477 e. The van der Waals surface area contributed by atoms with Gasteiger partial charge in [0.2, 0.25) is 5.43 Å². The quantitative estimate of drug-likeness (QED) is 0.104. The molecule has 4 aliphatic heterocycles. The second-order valence-corrected chi connectivity index (χ2v) is 26.5. The number of likely N-dealkylation sites (N-methyl/N-ethyl adjacent to an activating group) is 2. The van der Waals surface area contributed by atoms with Crippen LogP contribution in [0.4, 0.5) is 0 Å². The maximum Gasteiger partial charge on any atom is 0.341 e. The minimum atomic E-state index is -3.97. The van der Waals surface area contributed by atoms with Crippen LogP contribution in [0.15, 0.2) is 28.0 Å². The molecule has 0 radical (unpaired) electrons. The van der Waals surface area contributed by atoms with Crippen LogP contribution in [-0.4, -0.2) is 210 Å². The number of sulfone groups is 1. The Hall–Kier alpha value is -3.69. The van der Waals surface area contributed by atoms with E-state index in [-0.39, 0.29) is 78.9 Å². The fraction of sp³-hybridized carbons (Fsp3) is 0.789. The summed E-state index contributed by atoms with van der Waals surface area (Å²) in [6, 6.07) is 1.75. The van der Waals surface area contributed by atoms with Gasteiger partial charge in [-0.15, -0.1) is 0 Å². The summed E-state index contributed by atoms with van der Waals surface area (Å²) in [5.41, 5.74) is -4.81. The molecular formula is C57H92N4O18S. The SMILES string of the molecule is CCC1OC(=O)[C@H](C)C(OC2CC(C)(OC)C(OC(=O)CCNCCS(=O)(=O)c3cc4c5c(c3)c(=O)c(C(=O)O)cn5C(C)CC4)[C@H](C)O2)C(C)C(O[C@@H]2O[C@H](C)C[C@H](N(C)C)C2O)[C@](C)(O)CC(C)CN(C)C(C)C(O)C1(C)O. The lowest BCUT2D eigenvalue weighted by Gasteiger charge is -2.49. The zero-order valence-electron chi connectivity index (χ0n) is 49.5. The van der Waals surface area contributed by atoms with Crippen molar-refractivity contribution in [3.05, 3.63) is 39.7 Å². The maximum atomic E-state index is 14.6. The van der Waals surface area contributed by atoms with Gasteiger partial charge in [-0.1, -0.05) is 20.8 Å². The van der Waals surface area contributed by atoms with E-state index in [2.05, 4.69) is 5.32 Å². The van der Waals surface area contributed by atoms with Crippen LogP contribution in [0.3, 0.4) is 0 Å². The maximum absolute atomic E-state index is 14.6. The zero-order valence-corrected chi connectivity index (χ0v) is 50.4. The average Bonchev–Trinajstić information content (AvgIpc) is 3.38. The molecule has 1 aromatic heterocycles. The average molecular weight is 1150 g/mol. The summed E-state index contributed by atoms with van der Waals surface area (Å²) >= 11 is 0. The van der Waals surface area contributed by atoms with Crippen molar-refractivity contribution in [1.29, 1.82) is 0 Å². The number of carboxylic acids is 1. The molecule has 454 valence electrons. The number of hydrogen-bond acceptors (Lipinski definition) is 20. The molecule has 23 heteroatoms. The summed E-state index contributed by atoms with van der Waals surface area (Å²) in [5, 5.41) is 60.9. The van der Waals surface area contributed by atoms with E-state index in [0.29, 0.717) is 36.9 Å². The second kappa shape index (κ2) is 26.1. The summed E-state index contributed by atoms with van der Waals surface area (Å²) in [4.78, 5) is 57.1. The van der Waals surface area contributed by atoms with E-state index in [9.17, 15) is 53.1 Å². The third kappa shape index (κ3) is 14.3. The van der Waals surface area contributed by atoms with Crippen LogP contribution in [-0.2, 0) is 59.0 Å². The van der Waals surface area contributed by atoms with Crippen LogP contribution < -0.4 is 10.7 Å². The number of hydrogen-bond donors (Lipinski definition) is 6. The number of methoxy groups -OCH3 is 1. The van der Waals surface area contributed by atoms with E-state index in [1.807, 2.05) is 51.7 Å². The van der Waals surface area contributed by atoms with Gasteiger partial charge < -0.3 is 78.4 Å². The molecule has 80 heavy (non-hydrogen) atoms. The summed E-state index contributed by atoms with van der Waals surface area (Å²) < 4.78 is 73.8. The highest BCUT2D eigenvalue weighted by Crippen LogP contribution is 2.41. The molecule has 13 unspecified atom stereocenters. The highest BCUT2D eigenvalue weighted by atomic mass is 32.2. The number of aromatic carboxylic acids is 1. The Labute approximate surface area is 471 Å². The summed E-state index contributed by atoms with van der Waals surface area (Å²) in [7, 11) is 3.01. The molecule has 3 saturated heterocycles. The molecule has 0 bridgehead atoms. The lowest BCUT2D eigenvalue weighted by atomic mass is 9.77. The molecule has 5 heterocycles. The van der Waals surface area contributed by atoms with Crippen molar-refractivity contribution < 1.29 is 81.5 Å². The number of carbonyl (C=O) groups excluding carboxylic acids is 2. The number of pyridine rings is 1. The Morgan fingerprint density at radius 3 is 2.25 bits per heavy atom. The van der Waals surface area contributed by atoms with Gasteiger partial charge >= 0.3 is 17.9 Å². The molecule has 3 fully saturated rings. The van der Waals surface area contributed by atoms with Gasteiger partial charge in [-0.05, 0) is 132 Å². The lowest BCUT2D eigenvalue weighted by molar-refractivity contribution is -0.318. The third-order valence-corrected chi connectivity index (χ3v) is 19.2. The van der Waals surface area contributed by atoms with Crippen molar-refractivity contribution in [2.24, 2.45) is 17.8 Å². The summed E-state index contributed by atoms with van der Waals surface area (Å²) in [6.45, 7) is 19.5. The molecular weight excluding hydrogens is 1060 g/mol. The Kier molecular flexibility index (Phi) is 21.3. The fourth-order valence-electron chi connectivity index (χ4n) is 12.7. The molecule has 4 aliphatic rings. The first kappa shape index (κ1) is 65.5. The van der Waals surface area contributed by atoms with Crippen LogP contribution in [0.5, 0.6) is 0 Å². The fourth-order valence-corrected chi connectivity index (χ4v) is 14.0. The van der Waals surface area contributed by atoms with Crippen LogP contribution in [0, 0.1) is 17.8 Å². The van der Waals surface area contributed by atoms with Crippen molar-refractivity contribution in [2.75, 3.05) is 53.6 Å². The van der Waals surface area contributed by atoms with Crippen molar-refractivity contribution in [1.82, 2.24) is 19.7 Å². The number of aryl methyl sites for hydroxylation is 1. The predicted octanol–water partition coefficient (Wildman–Crippen LogP) is 3.43. The number of esters is 2. The number of nitrogens with zero attached hydrogens (tertiary/aromatic N) is 3. The van der Waals surface area contributed by atoms with Crippen molar-refractivity contribution in [3.8, 4) is 0 Å². The standard InChI is InChI=1S/C57H92N4O18S/c1-16-42-57(11,70)49(65)35(7)60(14)28-30(2)26-55(9,69)50(79-54-47(64)41(59(12)13)23-32(4)74-54)33(5)48(34(6)53(68)76-42)78-44-27-56(10,73-15)51(36(8)75-44)77-43(62)19-20-58-21-22-80(71,72)38-24-37-18-17-31(3)61-29-40(52(66)67)46(63)39(25-38)45(37)61/h24-25,29-36,41-42,44,47-51,54,58,64-65,69-70H,16-23,26-28H2,1-15H3,(H,66,67)/t30?,31?,32-,33?,34-,35?,36+,41+,42?,44?,47?,48?,49?,50?,51?,54+,55-,56?,57?/m1/s1. The third-order valence-electron chi connectivity index (χ3n) is 17.6. The molecule has 1 aromatic carbocycles. The van der Waals surface area contributed by atoms with Gasteiger partial charge in [0.15, 0.2) is 28.5 Å². The van der Waals surface area contributed by atoms with Crippen LogP contribution in [0.1, 0.15) is 137 Å². The van der Waals surface area contributed by atoms with Crippen molar-refractivity contribution in [3.63, 3.8) is 0 Å². The van der Waals surface area contributed by atoms with Gasteiger partial charge in [-0.2, -0.15) is 0 Å². The highest BCUT2D eigenvalue weighted by molar-refractivity contribution is 7.91. The first-order chi connectivity index (χ1) is 37.2. The predicted molar refractivity (Wildman–Crippen MR) is 296 cm³/mol. The first-order valence-corrected chi connectivity index (χ1v) is 30.0. The summed E-state index contributed by atoms with van der Waals surface area (Å²) in [6.07, 6.45) is -7.36. The topological polar surface area (TPSA) is 292 Å². The normalized spacial score (nSPS) is 38.1. The number of aromatic nitrogens is 1. The van der Waals surface area contributed by atoms with Gasteiger partial charge in [0, 0.05) is 68.8 Å². The molecule has 6 N–H and O–H groups in total. The van der Waals surface area contributed by atoms with E-state index >= 15 is 0 Å². The molecule has 0 aliphatic carbocycles. The highest BCUT2D eigenvalue weighted by Gasteiger charge is 2.54. The Balaban J connectivity index is 1.20. The number of aliphatic hydroxyl groups excluding tert-OH is 2. The number of carboxylic acid groups (broad SMARTS) is 1. The second-order valence-electron chi connectivity index (χ2n) is 24.4. The number of benzene rings is 1. The number of rotatable bonds is 16. The Bertz CT molecular complexity index is 2670. The molecule has 0 amide bonds. The summed E-state index contributed by atoms with van der Waals surface area (Å²) in [5.74, 6) is -5.42. The smallest absolute Gasteiger partial charge is 0.341 e. The van der Waals surface area contributed by atoms with Gasteiger partial charge in [-0.25, -0.2) is 13.2 Å². The van der Waals surface area contributed by atoms with Crippen LogP contribution >= 0.6 is 0 Å².